The fraction of sp³-hybridized carbons (Fsp3) is 0.176. The quantitative estimate of drug-likeness (QED) is 0.658. The molecule has 2 rings (SSSR count). The van der Waals surface area contributed by atoms with E-state index in [1.807, 2.05) is 32.0 Å². The number of ether oxygens (including phenoxy) is 1. The number of nitrogens with one attached hydrogen (secondary N) is 1. The second-order valence-electron chi connectivity index (χ2n) is 4.91. The molecule has 0 saturated heterocycles. The molecule has 0 radical (unpaired) electrons. The third-order valence-electron chi connectivity index (χ3n) is 3.03. The number of carbonyl (C=O) groups is 1. The highest BCUT2D eigenvalue weighted by Gasteiger charge is 2.03. The zero-order valence-corrected chi connectivity index (χ0v) is 12.5. The second kappa shape index (κ2) is 7.26. The molecule has 0 unspecified atom stereocenters. The van der Waals surface area contributed by atoms with Gasteiger partial charge in [0.05, 0.1) is 6.21 Å². The standard InChI is InChI=1S/C17H18N2O3/c1-12-7-8-15(20)14(9-12)10-18-19-17(21)11-22-16-6-4-3-5-13(16)2/h3-10,20H,11H2,1-2H3,(H,19,21)/b18-10-. The Labute approximate surface area is 129 Å². The number of rotatable bonds is 5. The molecule has 5 heteroatoms. The average molecular weight is 298 g/mol. The highest BCUT2D eigenvalue weighted by Crippen LogP contribution is 2.16. The minimum atomic E-state index is -0.369. The number of para-hydroxylation sites is 1. The number of hydrogen-bond acceptors (Lipinski definition) is 4. The van der Waals surface area contributed by atoms with E-state index >= 15 is 0 Å². The Balaban J connectivity index is 1.86. The van der Waals surface area contributed by atoms with Gasteiger partial charge in [-0.15, -0.1) is 0 Å². The lowest BCUT2D eigenvalue weighted by atomic mass is 10.1. The summed E-state index contributed by atoms with van der Waals surface area (Å²) in [5.74, 6) is 0.407. The number of phenols is 1. The van der Waals surface area contributed by atoms with Crippen LogP contribution in [0.1, 0.15) is 16.7 Å². The lowest BCUT2D eigenvalue weighted by Crippen LogP contribution is -2.24. The predicted octanol–water partition coefficient (Wildman–Crippen LogP) is 2.54. The number of hydrazone groups is 1. The van der Waals surface area contributed by atoms with E-state index in [4.69, 9.17) is 4.74 Å². The first kappa shape index (κ1) is 15.6. The van der Waals surface area contributed by atoms with Crippen LogP contribution >= 0.6 is 0 Å². The first-order valence-electron chi connectivity index (χ1n) is 6.86. The summed E-state index contributed by atoms with van der Waals surface area (Å²) < 4.78 is 5.41. The van der Waals surface area contributed by atoms with E-state index in [1.54, 1.807) is 24.3 Å². The lowest BCUT2D eigenvalue weighted by Gasteiger charge is -2.07. The average Bonchev–Trinajstić information content (AvgIpc) is 2.50. The van der Waals surface area contributed by atoms with Crippen LogP contribution in [-0.2, 0) is 4.79 Å². The van der Waals surface area contributed by atoms with Crippen molar-refractivity contribution in [1.82, 2.24) is 5.43 Å². The van der Waals surface area contributed by atoms with Crippen molar-refractivity contribution in [2.45, 2.75) is 13.8 Å². The van der Waals surface area contributed by atoms with Crippen molar-refractivity contribution in [3.05, 3.63) is 59.2 Å². The fourth-order valence-corrected chi connectivity index (χ4v) is 1.85. The highest BCUT2D eigenvalue weighted by molar-refractivity contribution is 5.85. The SMILES string of the molecule is Cc1ccc(O)c(/C=N\NC(=O)COc2ccccc2C)c1. The van der Waals surface area contributed by atoms with Gasteiger partial charge in [-0.25, -0.2) is 5.43 Å². The lowest BCUT2D eigenvalue weighted by molar-refractivity contribution is -0.123. The van der Waals surface area contributed by atoms with Crippen LogP contribution in [0.5, 0.6) is 11.5 Å². The molecule has 22 heavy (non-hydrogen) atoms. The molecule has 0 aliphatic carbocycles. The van der Waals surface area contributed by atoms with E-state index in [2.05, 4.69) is 10.5 Å². The maximum atomic E-state index is 11.7. The second-order valence-corrected chi connectivity index (χ2v) is 4.91. The number of aromatic hydroxyl groups is 1. The molecule has 114 valence electrons. The summed E-state index contributed by atoms with van der Waals surface area (Å²) in [7, 11) is 0. The zero-order valence-electron chi connectivity index (χ0n) is 12.5. The molecule has 0 fully saturated rings. The fourth-order valence-electron chi connectivity index (χ4n) is 1.85. The summed E-state index contributed by atoms with van der Waals surface area (Å²) in [5, 5.41) is 13.5. The molecule has 0 aliphatic rings. The molecule has 1 amide bonds. The van der Waals surface area contributed by atoms with Gasteiger partial charge in [-0.2, -0.15) is 5.10 Å². The van der Waals surface area contributed by atoms with Crippen molar-refractivity contribution in [2.75, 3.05) is 6.61 Å². The molecule has 5 nitrogen and oxygen atoms in total. The molecule has 0 aromatic heterocycles. The van der Waals surface area contributed by atoms with Crippen LogP contribution in [0, 0.1) is 13.8 Å². The Hall–Kier alpha value is -2.82. The van der Waals surface area contributed by atoms with Gasteiger partial charge < -0.3 is 9.84 Å². The van der Waals surface area contributed by atoms with Crippen LogP contribution in [0.3, 0.4) is 0 Å². The molecule has 2 aromatic rings. The molecule has 2 N–H and O–H groups in total. The highest BCUT2D eigenvalue weighted by atomic mass is 16.5. The normalized spacial score (nSPS) is 10.6. The predicted molar refractivity (Wildman–Crippen MR) is 85.3 cm³/mol. The van der Waals surface area contributed by atoms with E-state index in [9.17, 15) is 9.90 Å². The summed E-state index contributed by atoms with van der Waals surface area (Å²) in [6.45, 7) is 3.69. The van der Waals surface area contributed by atoms with Crippen molar-refractivity contribution in [1.29, 1.82) is 0 Å². The summed E-state index contributed by atoms with van der Waals surface area (Å²) in [5.41, 5.74) is 4.86. The van der Waals surface area contributed by atoms with Crippen LogP contribution in [0.15, 0.2) is 47.6 Å². The van der Waals surface area contributed by atoms with Crippen LogP contribution in [0.25, 0.3) is 0 Å². The number of hydrogen-bond donors (Lipinski definition) is 2. The molecule has 0 aliphatic heterocycles. The minimum absolute atomic E-state index is 0.111. The first-order chi connectivity index (χ1) is 10.6. The van der Waals surface area contributed by atoms with Crippen molar-refractivity contribution in [3.8, 4) is 11.5 Å². The molecule has 0 heterocycles. The summed E-state index contributed by atoms with van der Waals surface area (Å²) in [4.78, 5) is 11.7. The van der Waals surface area contributed by atoms with Crippen LogP contribution < -0.4 is 10.2 Å². The van der Waals surface area contributed by atoms with Crippen molar-refractivity contribution >= 4 is 12.1 Å². The Bertz CT molecular complexity index is 696. The van der Waals surface area contributed by atoms with E-state index < -0.39 is 0 Å². The van der Waals surface area contributed by atoms with Gasteiger partial charge in [0.15, 0.2) is 6.61 Å². The van der Waals surface area contributed by atoms with Gasteiger partial charge in [0.25, 0.3) is 5.91 Å². The summed E-state index contributed by atoms with van der Waals surface area (Å²) in [6.07, 6.45) is 1.40. The molecular weight excluding hydrogens is 280 g/mol. The number of nitrogens with zero attached hydrogens (tertiary/aromatic N) is 1. The maximum absolute atomic E-state index is 11.7. The van der Waals surface area contributed by atoms with Crippen LogP contribution in [0.4, 0.5) is 0 Å². The topological polar surface area (TPSA) is 70.9 Å². The molecule has 0 spiro atoms. The molecule has 0 atom stereocenters. The van der Waals surface area contributed by atoms with Gasteiger partial charge >= 0.3 is 0 Å². The van der Waals surface area contributed by atoms with E-state index in [-0.39, 0.29) is 18.3 Å². The number of aryl methyl sites for hydroxylation is 2. The third kappa shape index (κ3) is 4.34. The molecule has 0 bridgehead atoms. The van der Waals surface area contributed by atoms with Crippen molar-refractivity contribution in [2.24, 2.45) is 5.10 Å². The summed E-state index contributed by atoms with van der Waals surface area (Å²) in [6, 6.07) is 12.6. The maximum Gasteiger partial charge on any atom is 0.277 e. The Morgan fingerprint density at radius 2 is 2.05 bits per heavy atom. The Kier molecular flexibility index (Phi) is 5.14. The van der Waals surface area contributed by atoms with E-state index in [1.165, 1.54) is 6.21 Å². The van der Waals surface area contributed by atoms with Gasteiger partial charge in [0, 0.05) is 5.56 Å². The van der Waals surface area contributed by atoms with Gasteiger partial charge in [-0.3, -0.25) is 4.79 Å². The van der Waals surface area contributed by atoms with Gasteiger partial charge in [0.2, 0.25) is 0 Å². The first-order valence-corrected chi connectivity index (χ1v) is 6.86. The van der Waals surface area contributed by atoms with Crippen molar-refractivity contribution in [3.63, 3.8) is 0 Å². The molecule has 2 aromatic carbocycles. The smallest absolute Gasteiger partial charge is 0.277 e. The number of carbonyl (C=O) groups excluding carboxylic acids is 1. The van der Waals surface area contributed by atoms with Crippen molar-refractivity contribution < 1.29 is 14.6 Å². The van der Waals surface area contributed by atoms with Crippen LogP contribution in [0.2, 0.25) is 0 Å². The van der Waals surface area contributed by atoms with E-state index in [0.29, 0.717) is 11.3 Å². The van der Waals surface area contributed by atoms with Gasteiger partial charge in [-0.05, 0) is 37.6 Å². The number of phenolic OH excluding ortho intramolecular Hbond substituents is 1. The third-order valence-corrected chi connectivity index (χ3v) is 3.03. The number of amides is 1. The van der Waals surface area contributed by atoms with Gasteiger partial charge in [-0.1, -0.05) is 29.8 Å². The Morgan fingerprint density at radius 1 is 1.27 bits per heavy atom. The molecule has 0 saturated carbocycles. The number of benzene rings is 2. The molecular formula is C17H18N2O3. The van der Waals surface area contributed by atoms with Crippen LogP contribution in [-0.4, -0.2) is 23.8 Å². The zero-order chi connectivity index (χ0) is 15.9. The van der Waals surface area contributed by atoms with E-state index in [0.717, 1.165) is 11.1 Å². The monoisotopic (exact) mass is 298 g/mol. The largest absolute Gasteiger partial charge is 0.507 e. The summed E-state index contributed by atoms with van der Waals surface area (Å²) >= 11 is 0. The minimum Gasteiger partial charge on any atom is -0.507 e. The van der Waals surface area contributed by atoms with Gasteiger partial charge in [0.1, 0.15) is 11.5 Å². The Morgan fingerprint density at radius 3 is 2.82 bits per heavy atom.